The quantitative estimate of drug-likeness (QED) is 0.483. The molecule has 0 radical (unpaired) electrons. The van der Waals surface area contributed by atoms with Crippen LogP contribution >= 0.6 is 0 Å². The van der Waals surface area contributed by atoms with Crippen molar-refractivity contribution in [2.75, 3.05) is 19.4 Å². The van der Waals surface area contributed by atoms with Gasteiger partial charge in [0, 0.05) is 31.4 Å². The SMILES string of the molecule is CC(C)C[C@@H](C(=O)N(C)[C@H](C#N)C[C@@]1(C)C(=O)Nc2ccccc21)N(C)C(=O)c1cnc2ccccc2c1. The van der Waals surface area contributed by atoms with Crippen molar-refractivity contribution in [3.8, 4) is 6.07 Å². The number of hydrogen-bond acceptors (Lipinski definition) is 5. The van der Waals surface area contributed by atoms with Crippen LogP contribution in [0.15, 0.2) is 60.8 Å². The van der Waals surface area contributed by atoms with Crippen LogP contribution in [-0.2, 0) is 15.0 Å². The van der Waals surface area contributed by atoms with Crippen LogP contribution in [0.5, 0.6) is 0 Å². The Kier molecular flexibility index (Phi) is 7.49. The highest BCUT2D eigenvalue weighted by Crippen LogP contribution is 2.41. The number of benzene rings is 2. The number of fused-ring (bicyclic) bond motifs is 2. The van der Waals surface area contributed by atoms with E-state index in [4.69, 9.17) is 0 Å². The molecule has 0 aliphatic carbocycles. The number of nitriles is 1. The Morgan fingerprint density at radius 1 is 1.08 bits per heavy atom. The number of amides is 3. The molecule has 0 bridgehead atoms. The minimum atomic E-state index is -0.961. The number of nitrogens with zero attached hydrogens (tertiary/aromatic N) is 4. The van der Waals surface area contributed by atoms with E-state index < -0.39 is 17.5 Å². The number of carbonyl (C=O) groups excluding carboxylic acids is 3. The second-order valence-corrected chi connectivity index (χ2v) is 10.6. The lowest BCUT2D eigenvalue weighted by Crippen LogP contribution is -2.52. The van der Waals surface area contributed by atoms with Crippen LogP contribution in [0.2, 0.25) is 0 Å². The van der Waals surface area contributed by atoms with Crippen LogP contribution in [0.1, 0.15) is 49.5 Å². The summed E-state index contributed by atoms with van der Waals surface area (Å²) in [7, 11) is 3.18. The molecule has 3 aromatic rings. The van der Waals surface area contributed by atoms with E-state index in [1.54, 1.807) is 27.1 Å². The smallest absolute Gasteiger partial charge is 0.255 e. The average molecular weight is 512 g/mol. The molecule has 8 heteroatoms. The van der Waals surface area contributed by atoms with Gasteiger partial charge in [-0.1, -0.05) is 50.2 Å². The van der Waals surface area contributed by atoms with Crippen LogP contribution in [-0.4, -0.2) is 58.7 Å². The molecule has 0 unspecified atom stereocenters. The first kappa shape index (κ1) is 26.8. The van der Waals surface area contributed by atoms with Gasteiger partial charge in [-0.15, -0.1) is 0 Å². The molecule has 1 aromatic heterocycles. The van der Waals surface area contributed by atoms with Crippen LogP contribution in [0, 0.1) is 17.2 Å². The van der Waals surface area contributed by atoms with E-state index in [0.29, 0.717) is 12.0 Å². The maximum absolute atomic E-state index is 13.8. The Balaban J connectivity index is 1.58. The summed E-state index contributed by atoms with van der Waals surface area (Å²) in [6, 6.07) is 17.3. The highest BCUT2D eigenvalue weighted by atomic mass is 16.2. The van der Waals surface area contributed by atoms with Gasteiger partial charge in [-0.3, -0.25) is 19.4 Å². The van der Waals surface area contributed by atoms with Gasteiger partial charge in [0.15, 0.2) is 0 Å². The topological polar surface area (TPSA) is 106 Å². The molecular formula is C30H33N5O3. The molecule has 1 N–H and O–H groups in total. The first-order chi connectivity index (χ1) is 18.1. The molecule has 8 nitrogen and oxygen atoms in total. The number of rotatable bonds is 8. The van der Waals surface area contributed by atoms with Gasteiger partial charge in [-0.2, -0.15) is 5.26 Å². The number of pyridine rings is 1. The number of nitrogens with one attached hydrogen (secondary N) is 1. The van der Waals surface area contributed by atoms with Crippen molar-refractivity contribution in [3.05, 3.63) is 71.9 Å². The molecule has 38 heavy (non-hydrogen) atoms. The lowest BCUT2D eigenvalue weighted by Gasteiger charge is -2.35. The van der Waals surface area contributed by atoms with Crippen LogP contribution in [0.3, 0.4) is 0 Å². The predicted molar refractivity (Wildman–Crippen MR) is 146 cm³/mol. The molecule has 2 aromatic carbocycles. The van der Waals surface area contributed by atoms with E-state index in [-0.39, 0.29) is 30.1 Å². The van der Waals surface area contributed by atoms with Gasteiger partial charge in [0.05, 0.1) is 22.6 Å². The summed E-state index contributed by atoms with van der Waals surface area (Å²) in [5.74, 6) is -0.743. The van der Waals surface area contributed by atoms with E-state index >= 15 is 0 Å². The van der Waals surface area contributed by atoms with Crippen molar-refractivity contribution in [3.63, 3.8) is 0 Å². The Labute approximate surface area is 223 Å². The molecule has 0 fully saturated rings. The molecule has 1 aliphatic heterocycles. The van der Waals surface area contributed by atoms with E-state index in [2.05, 4.69) is 16.4 Å². The molecule has 3 amide bonds. The maximum Gasteiger partial charge on any atom is 0.255 e. The Morgan fingerprint density at radius 3 is 2.47 bits per heavy atom. The largest absolute Gasteiger partial charge is 0.330 e. The first-order valence-corrected chi connectivity index (χ1v) is 12.8. The molecule has 4 rings (SSSR count). The third-order valence-corrected chi connectivity index (χ3v) is 7.44. The van der Waals surface area contributed by atoms with Gasteiger partial charge in [0.1, 0.15) is 12.1 Å². The summed E-state index contributed by atoms with van der Waals surface area (Å²) in [5.41, 5.74) is 1.74. The fourth-order valence-corrected chi connectivity index (χ4v) is 5.11. The summed E-state index contributed by atoms with van der Waals surface area (Å²) in [4.78, 5) is 47.5. The highest BCUT2D eigenvalue weighted by Gasteiger charge is 2.45. The third-order valence-electron chi connectivity index (χ3n) is 7.44. The summed E-state index contributed by atoms with van der Waals surface area (Å²) in [6.45, 7) is 5.77. The van der Waals surface area contributed by atoms with Gasteiger partial charge in [-0.05, 0) is 49.4 Å². The third kappa shape index (κ3) is 4.97. The zero-order valence-electron chi connectivity index (χ0n) is 22.4. The molecule has 3 atom stereocenters. The predicted octanol–water partition coefficient (Wildman–Crippen LogP) is 4.37. The summed E-state index contributed by atoms with van der Waals surface area (Å²) in [6.07, 6.45) is 2.08. The Morgan fingerprint density at radius 2 is 1.76 bits per heavy atom. The highest BCUT2D eigenvalue weighted by molar-refractivity contribution is 6.06. The molecule has 2 heterocycles. The lowest BCUT2D eigenvalue weighted by atomic mass is 9.78. The van der Waals surface area contributed by atoms with Crippen molar-refractivity contribution >= 4 is 34.3 Å². The molecule has 1 aliphatic rings. The van der Waals surface area contributed by atoms with Crippen molar-refractivity contribution in [2.24, 2.45) is 5.92 Å². The number of carbonyl (C=O) groups is 3. The van der Waals surface area contributed by atoms with E-state index in [1.165, 1.54) is 16.0 Å². The second kappa shape index (κ2) is 10.6. The zero-order valence-corrected chi connectivity index (χ0v) is 22.4. The summed E-state index contributed by atoms with van der Waals surface area (Å²) < 4.78 is 0. The molecule has 0 saturated heterocycles. The van der Waals surface area contributed by atoms with Gasteiger partial charge in [0.2, 0.25) is 11.8 Å². The number of hydrogen-bond donors (Lipinski definition) is 1. The van der Waals surface area contributed by atoms with Crippen molar-refractivity contribution in [1.29, 1.82) is 5.26 Å². The van der Waals surface area contributed by atoms with Crippen molar-refractivity contribution in [2.45, 2.75) is 51.1 Å². The van der Waals surface area contributed by atoms with E-state index in [1.807, 2.05) is 62.4 Å². The minimum Gasteiger partial charge on any atom is -0.330 e. The minimum absolute atomic E-state index is 0.118. The molecular weight excluding hydrogens is 478 g/mol. The molecule has 0 spiro atoms. The van der Waals surface area contributed by atoms with Gasteiger partial charge in [0.25, 0.3) is 5.91 Å². The van der Waals surface area contributed by atoms with E-state index in [9.17, 15) is 19.6 Å². The maximum atomic E-state index is 13.8. The standard InChI is InChI=1S/C30H33N5O3/c1-19(2)14-26(35(5)27(36)21-15-20-10-6-8-12-24(20)32-18-21)28(37)34(4)22(17-31)16-30(3)23-11-7-9-13-25(23)33-29(30)38/h6-13,15,18-19,22,26H,14,16H2,1-5H3,(H,33,38)/t22-,26-,30+/m0/s1. The first-order valence-electron chi connectivity index (χ1n) is 12.8. The van der Waals surface area contributed by atoms with Crippen molar-refractivity contribution in [1.82, 2.24) is 14.8 Å². The Bertz CT molecular complexity index is 1430. The normalized spacial score (nSPS) is 17.9. The van der Waals surface area contributed by atoms with Crippen molar-refractivity contribution < 1.29 is 14.4 Å². The van der Waals surface area contributed by atoms with E-state index in [0.717, 1.165) is 22.2 Å². The Hall–Kier alpha value is -4.25. The lowest BCUT2D eigenvalue weighted by molar-refractivity contribution is -0.137. The fourth-order valence-electron chi connectivity index (χ4n) is 5.11. The summed E-state index contributed by atoms with van der Waals surface area (Å²) >= 11 is 0. The number of anilines is 1. The fraction of sp³-hybridized carbons (Fsp3) is 0.367. The summed E-state index contributed by atoms with van der Waals surface area (Å²) in [5, 5.41) is 13.8. The molecule has 196 valence electrons. The van der Waals surface area contributed by atoms with Crippen LogP contribution in [0.4, 0.5) is 5.69 Å². The molecule has 0 saturated carbocycles. The zero-order chi connectivity index (χ0) is 27.6. The second-order valence-electron chi connectivity index (χ2n) is 10.6. The number of aromatic nitrogens is 1. The monoisotopic (exact) mass is 511 g/mol. The van der Waals surface area contributed by atoms with Crippen LogP contribution < -0.4 is 5.32 Å². The van der Waals surface area contributed by atoms with Gasteiger partial charge < -0.3 is 15.1 Å². The number of para-hydroxylation sites is 2. The average Bonchev–Trinajstić information content (AvgIpc) is 3.17. The van der Waals surface area contributed by atoms with Gasteiger partial charge in [-0.25, -0.2) is 0 Å². The number of likely N-dealkylation sites (N-methyl/N-ethyl adjacent to an activating group) is 2. The van der Waals surface area contributed by atoms with Gasteiger partial charge >= 0.3 is 0 Å². The van der Waals surface area contributed by atoms with Crippen LogP contribution in [0.25, 0.3) is 10.9 Å².